The lowest BCUT2D eigenvalue weighted by molar-refractivity contribution is 0.482. The molecule has 2 aromatic carbocycles. The van der Waals surface area contributed by atoms with Crippen molar-refractivity contribution in [2.45, 2.75) is 6.04 Å². The first-order valence-electron chi connectivity index (χ1n) is 5.72. The van der Waals surface area contributed by atoms with Crippen LogP contribution in [0.15, 0.2) is 34.8 Å². The lowest BCUT2D eigenvalue weighted by Crippen LogP contribution is -2.20. The molecule has 2 rings (SSSR count). The van der Waals surface area contributed by atoms with Crippen LogP contribution in [0.5, 0.6) is 0 Å². The molecule has 6 heteroatoms. The Morgan fingerprint density at radius 2 is 1.70 bits per heavy atom. The number of rotatable bonds is 3. The third-order valence-electron chi connectivity index (χ3n) is 2.96. The first-order valence-corrected chi connectivity index (χ1v) is 6.89. The van der Waals surface area contributed by atoms with Gasteiger partial charge in [0.2, 0.25) is 0 Å². The van der Waals surface area contributed by atoms with Gasteiger partial charge < -0.3 is 5.32 Å². The van der Waals surface area contributed by atoms with E-state index in [-0.39, 0.29) is 16.1 Å². The van der Waals surface area contributed by atoms with Crippen molar-refractivity contribution in [3.63, 3.8) is 0 Å². The van der Waals surface area contributed by atoms with Crippen LogP contribution in [0.25, 0.3) is 0 Å². The molecule has 1 N–H and O–H groups in total. The maximum atomic E-state index is 14.2. The summed E-state index contributed by atoms with van der Waals surface area (Å²) in [6.45, 7) is 0. The molecule has 0 heterocycles. The summed E-state index contributed by atoms with van der Waals surface area (Å²) < 4.78 is 41.8. The number of nitrogens with one attached hydrogen (secondary N) is 1. The van der Waals surface area contributed by atoms with Crippen LogP contribution < -0.4 is 5.32 Å². The molecule has 0 radical (unpaired) electrons. The molecule has 20 heavy (non-hydrogen) atoms. The minimum Gasteiger partial charge on any atom is -0.309 e. The molecule has 0 aliphatic rings. The molecule has 0 saturated carbocycles. The topological polar surface area (TPSA) is 12.0 Å². The largest absolute Gasteiger partial charge is 0.309 e. The van der Waals surface area contributed by atoms with Gasteiger partial charge in [-0.2, -0.15) is 0 Å². The quantitative estimate of drug-likeness (QED) is 0.769. The molecule has 0 amide bonds. The minimum atomic E-state index is -1.01. The Bertz CT molecular complexity index is 649. The maximum Gasteiger partial charge on any atom is 0.163 e. The van der Waals surface area contributed by atoms with E-state index in [1.165, 1.54) is 25.2 Å². The molecule has 0 aliphatic heterocycles. The molecule has 1 unspecified atom stereocenters. The Kier molecular flexibility index (Phi) is 4.73. The summed E-state index contributed by atoms with van der Waals surface area (Å²) in [7, 11) is 1.53. The second-order valence-electron chi connectivity index (χ2n) is 4.13. The zero-order valence-electron chi connectivity index (χ0n) is 10.4. The van der Waals surface area contributed by atoms with E-state index in [1.807, 2.05) is 0 Å². The van der Waals surface area contributed by atoms with Gasteiger partial charge in [0.15, 0.2) is 11.6 Å². The summed E-state index contributed by atoms with van der Waals surface area (Å²) in [5.74, 6) is -2.67. The summed E-state index contributed by atoms with van der Waals surface area (Å²) in [6, 6.07) is 5.97. The number of halogens is 5. The molecule has 0 aliphatic carbocycles. The Morgan fingerprint density at radius 1 is 1.05 bits per heavy atom. The molecule has 0 fully saturated rings. The van der Waals surface area contributed by atoms with E-state index in [2.05, 4.69) is 21.2 Å². The second-order valence-corrected chi connectivity index (χ2v) is 5.36. The fourth-order valence-electron chi connectivity index (χ4n) is 1.99. The zero-order valence-corrected chi connectivity index (χ0v) is 12.7. The lowest BCUT2D eigenvalue weighted by Gasteiger charge is -2.19. The van der Waals surface area contributed by atoms with Gasteiger partial charge in [-0.1, -0.05) is 29.8 Å². The SMILES string of the molecule is CNC(c1cccc(F)c1F)c1ccc(Br)c(Cl)c1F. The van der Waals surface area contributed by atoms with E-state index >= 15 is 0 Å². The van der Waals surface area contributed by atoms with Gasteiger partial charge in [0, 0.05) is 15.6 Å². The molecular formula is C14H10BrClF3N. The van der Waals surface area contributed by atoms with Crippen LogP contribution in [-0.4, -0.2) is 7.05 Å². The van der Waals surface area contributed by atoms with Crippen molar-refractivity contribution >= 4 is 27.5 Å². The predicted molar refractivity (Wildman–Crippen MR) is 76.4 cm³/mol. The summed E-state index contributed by atoms with van der Waals surface area (Å²) >= 11 is 8.93. The summed E-state index contributed by atoms with van der Waals surface area (Å²) in [5.41, 5.74) is 0.162. The zero-order chi connectivity index (χ0) is 14.9. The third-order valence-corrected chi connectivity index (χ3v) is 4.22. The average molecular weight is 365 g/mol. The highest BCUT2D eigenvalue weighted by Gasteiger charge is 2.23. The highest BCUT2D eigenvalue weighted by molar-refractivity contribution is 9.10. The molecule has 2 aromatic rings. The van der Waals surface area contributed by atoms with Crippen molar-refractivity contribution in [3.05, 3.63) is 68.4 Å². The lowest BCUT2D eigenvalue weighted by atomic mass is 9.97. The fourth-order valence-corrected chi connectivity index (χ4v) is 2.46. The van der Waals surface area contributed by atoms with Gasteiger partial charge in [0.25, 0.3) is 0 Å². The van der Waals surface area contributed by atoms with Crippen molar-refractivity contribution in [2.75, 3.05) is 7.05 Å². The molecule has 106 valence electrons. The molecule has 1 nitrogen and oxygen atoms in total. The molecule has 0 bridgehead atoms. The van der Waals surface area contributed by atoms with Crippen LogP contribution in [0.2, 0.25) is 5.02 Å². The Labute approximate surface area is 127 Å². The molecule has 1 atom stereocenters. The van der Waals surface area contributed by atoms with Crippen molar-refractivity contribution < 1.29 is 13.2 Å². The summed E-state index contributed by atoms with van der Waals surface area (Å²) in [5, 5.41) is 2.67. The van der Waals surface area contributed by atoms with Crippen molar-refractivity contribution in [1.29, 1.82) is 0 Å². The van der Waals surface area contributed by atoms with Crippen LogP contribution in [0.1, 0.15) is 17.2 Å². The van der Waals surface area contributed by atoms with Crippen molar-refractivity contribution in [2.24, 2.45) is 0 Å². The van der Waals surface area contributed by atoms with Crippen LogP contribution >= 0.6 is 27.5 Å². The van der Waals surface area contributed by atoms with Gasteiger partial charge in [0.1, 0.15) is 5.82 Å². The van der Waals surface area contributed by atoms with E-state index in [4.69, 9.17) is 11.6 Å². The van der Waals surface area contributed by atoms with Crippen molar-refractivity contribution in [1.82, 2.24) is 5.32 Å². The van der Waals surface area contributed by atoms with E-state index < -0.39 is 23.5 Å². The number of hydrogen-bond acceptors (Lipinski definition) is 1. The number of benzene rings is 2. The highest BCUT2D eigenvalue weighted by atomic mass is 79.9. The second kappa shape index (κ2) is 6.16. The molecule has 0 aromatic heterocycles. The van der Waals surface area contributed by atoms with E-state index in [0.717, 1.165) is 6.07 Å². The van der Waals surface area contributed by atoms with Crippen LogP contribution in [0.3, 0.4) is 0 Å². The van der Waals surface area contributed by atoms with E-state index in [1.54, 1.807) is 6.07 Å². The van der Waals surface area contributed by atoms with Crippen molar-refractivity contribution in [3.8, 4) is 0 Å². The van der Waals surface area contributed by atoms with Gasteiger partial charge in [-0.3, -0.25) is 0 Å². The fraction of sp³-hybridized carbons (Fsp3) is 0.143. The Morgan fingerprint density at radius 3 is 2.35 bits per heavy atom. The van der Waals surface area contributed by atoms with Gasteiger partial charge in [-0.15, -0.1) is 0 Å². The summed E-state index contributed by atoms with van der Waals surface area (Å²) in [4.78, 5) is 0. The Hall–Kier alpha value is -1.04. The normalized spacial score (nSPS) is 12.5. The first-order chi connectivity index (χ1) is 9.47. The Balaban J connectivity index is 2.59. The van der Waals surface area contributed by atoms with Crippen LogP contribution in [-0.2, 0) is 0 Å². The monoisotopic (exact) mass is 363 g/mol. The number of hydrogen-bond donors (Lipinski definition) is 1. The average Bonchev–Trinajstić information content (AvgIpc) is 2.44. The molecule has 0 spiro atoms. The van der Waals surface area contributed by atoms with E-state index in [0.29, 0.717) is 4.47 Å². The van der Waals surface area contributed by atoms with Gasteiger partial charge >= 0.3 is 0 Å². The van der Waals surface area contributed by atoms with Gasteiger partial charge in [-0.25, -0.2) is 13.2 Å². The maximum absolute atomic E-state index is 14.2. The standard InChI is InChI=1S/C14H10BrClF3N/c1-20-14(7-3-2-4-10(17)12(7)18)8-5-6-9(15)11(16)13(8)19/h2-6,14,20H,1H3. The third kappa shape index (κ3) is 2.71. The predicted octanol–water partition coefficient (Wildman–Crippen LogP) is 4.83. The molecule has 0 saturated heterocycles. The smallest absolute Gasteiger partial charge is 0.163 e. The highest BCUT2D eigenvalue weighted by Crippen LogP contribution is 2.33. The first kappa shape index (κ1) is 15.4. The van der Waals surface area contributed by atoms with Gasteiger partial charge in [-0.05, 0) is 35.1 Å². The summed E-state index contributed by atoms with van der Waals surface area (Å²) in [6.07, 6.45) is 0. The van der Waals surface area contributed by atoms with Crippen LogP contribution in [0, 0.1) is 17.5 Å². The van der Waals surface area contributed by atoms with Crippen LogP contribution in [0.4, 0.5) is 13.2 Å². The molecular weight excluding hydrogens is 355 g/mol. The van der Waals surface area contributed by atoms with E-state index in [9.17, 15) is 13.2 Å². The minimum absolute atomic E-state index is 0.0183. The van der Waals surface area contributed by atoms with Gasteiger partial charge in [0.05, 0.1) is 11.1 Å².